The molecule has 0 amide bonds. The van der Waals surface area contributed by atoms with E-state index in [4.69, 9.17) is 32.7 Å². The van der Waals surface area contributed by atoms with E-state index in [2.05, 4.69) is 0 Å². The van der Waals surface area contributed by atoms with Crippen molar-refractivity contribution in [2.75, 3.05) is 13.2 Å². The molecule has 0 radical (unpaired) electrons. The van der Waals surface area contributed by atoms with Crippen molar-refractivity contribution in [2.45, 2.75) is 135 Å². The Morgan fingerprint density at radius 3 is 1.63 bits per heavy atom. The first-order valence-electron chi connectivity index (χ1n) is 15.2. The van der Waals surface area contributed by atoms with E-state index in [1.54, 1.807) is 0 Å². The molecule has 10 nitrogen and oxygen atoms in total. The fraction of sp³-hybridized carbons (Fsp3) is 1.00. The zero-order valence-electron chi connectivity index (χ0n) is 24.0. The first-order valence-corrected chi connectivity index (χ1v) is 15.9. The molecule has 6 unspecified atom stereocenters. The molecule has 8 N–H and O–H groups in total. The third-order valence-corrected chi connectivity index (χ3v) is 11.3. The summed E-state index contributed by atoms with van der Waals surface area (Å²) in [6.45, 7) is 1.09. The van der Waals surface area contributed by atoms with Gasteiger partial charge in [-0.05, 0) is 75.5 Å². The van der Waals surface area contributed by atoms with Gasteiger partial charge in [-0.1, -0.05) is 12.8 Å². The minimum atomic E-state index is -1.41. The summed E-state index contributed by atoms with van der Waals surface area (Å²) in [5.41, 5.74) is 0. The molecule has 0 spiro atoms. The van der Waals surface area contributed by atoms with E-state index in [0.29, 0.717) is 25.7 Å². The van der Waals surface area contributed by atoms with Crippen molar-refractivity contribution < 1.29 is 50.3 Å². The molecule has 13 heteroatoms. The summed E-state index contributed by atoms with van der Waals surface area (Å²) in [5.74, 6) is 0.123. The highest BCUT2D eigenvalue weighted by Crippen LogP contribution is 2.51. The van der Waals surface area contributed by atoms with Gasteiger partial charge in [-0.2, -0.15) is 0 Å². The Morgan fingerprint density at radius 2 is 1.15 bits per heavy atom. The Balaban J connectivity index is 1.43. The van der Waals surface area contributed by atoms with Gasteiger partial charge in [0.15, 0.2) is 0 Å². The van der Waals surface area contributed by atoms with Crippen LogP contribution < -0.4 is 0 Å². The number of aliphatic hydroxyl groups is 8. The molecule has 4 fully saturated rings. The lowest BCUT2D eigenvalue weighted by atomic mass is 9.64. The van der Waals surface area contributed by atoms with E-state index in [1.807, 2.05) is 14.8 Å². The van der Waals surface area contributed by atoms with Gasteiger partial charge in [0.2, 0.25) is 0 Å². The van der Waals surface area contributed by atoms with Gasteiger partial charge < -0.3 is 50.3 Å². The normalized spacial score (nSPS) is 54.1. The summed E-state index contributed by atoms with van der Waals surface area (Å²) < 4.78 is 11.2. The summed E-state index contributed by atoms with van der Waals surface area (Å²) in [5, 5.41) is 81.8. The van der Waals surface area contributed by atoms with Crippen molar-refractivity contribution in [3.05, 3.63) is 0 Å². The minimum absolute atomic E-state index is 0.148. The van der Waals surface area contributed by atoms with Crippen LogP contribution in [0.15, 0.2) is 0 Å². The van der Waals surface area contributed by atoms with Crippen molar-refractivity contribution in [3.8, 4) is 0 Å². The van der Waals surface area contributed by atoms with E-state index in [-0.39, 0.29) is 23.7 Å². The maximum atomic E-state index is 10.8. The molecule has 16 atom stereocenters. The average Bonchev–Trinajstić information content (AvgIpc) is 2.99. The summed E-state index contributed by atoms with van der Waals surface area (Å²) >= 11 is 14.3. The predicted molar refractivity (Wildman–Crippen MR) is 154 cm³/mol. The van der Waals surface area contributed by atoms with Crippen LogP contribution in [-0.2, 0) is 9.47 Å². The van der Waals surface area contributed by atoms with Crippen molar-refractivity contribution >= 4 is 31.0 Å². The molecule has 4 rings (SSSR count). The highest BCUT2D eigenvalue weighted by molar-refractivity contribution is 6.44. The van der Waals surface area contributed by atoms with Gasteiger partial charge in [0.1, 0.15) is 56.7 Å². The molecule has 0 aromatic carbocycles. The van der Waals surface area contributed by atoms with E-state index in [1.165, 1.54) is 0 Å². The molecule has 0 aromatic heterocycles. The van der Waals surface area contributed by atoms with Crippen LogP contribution in [0.1, 0.15) is 64.7 Å². The van der Waals surface area contributed by atoms with Crippen LogP contribution in [0.4, 0.5) is 0 Å². The second-order valence-electron chi connectivity index (χ2n) is 13.6. The second-order valence-corrected chi connectivity index (χ2v) is 15.4. The third-order valence-electron chi connectivity index (χ3n) is 10.5. The standard InChI is InChI=1S/C28H49BCl2O10/c1-27(30)9-15(26-24(39)22(37)20(35)18(12-33)41-26)5-6-16(27)13-3-2-4-14(10-28(29,31)8-7-13)25-23(38)21(36)19(34)17(11-32)40-25/h13-26,32-39H,2-12,29H2,1H3/t13?,14?,15?,16?,17-,18-,19-,20-,21+,22+,23+,24+,25-,26-,27?,28?/m1/s1. The molecule has 2 aliphatic heterocycles. The lowest BCUT2D eigenvalue weighted by Crippen LogP contribution is -2.61. The van der Waals surface area contributed by atoms with Crippen LogP contribution in [0.5, 0.6) is 0 Å². The van der Waals surface area contributed by atoms with Crippen molar-refractivity contribution in [1.82, 2.24) is 0 Å². The topological polar surface area (TPSA) is 180 Å². The average molecular weight is 627 g/mol. The molecule has 2 aliphatic carbocycles. The molecule has 2 heterocycles. The predicted octanol–water partition coefficient (Wildman–Crippen LogP) is -0.760. The van der Waals surface area contributed by atoms with Gasteiger partial charge in [-0.25, -0.2) is 0 Å². The van der Waals surface area contributed by atoms with E-state index < -0.39 is 83.9 Å². The maximum Gasteiger partial charge on any atom is 0.128 e. The van der Waals surface area contributed by atoms with Crippen LogP contribution in [0, 0.1) is 23.7 Å². The molecular weight excluding hydrogens is 578 g/mol. The molecular formula is C28H49BCl2O10. The lowest BCUT2D eigenvalue weighted by Gasteiger charge is -2.50. The Kier molecular flexibility index (Phi) is 11.4. The fourth-order valence-corrected chi connectivity index (χ4v) is 9.01. The van der Waals surface area contributed by atoms with Gasteiger partial charge in [0.05, 0.1) is 25.4 Å². The van der Waals surface area contributed by atoms with Gasteiger partial charge in [-0.15, -0.1) is 23.2 Å². The third kappa shape index (κ3) is 7.39. The molecule has 238 valence electrons. The highest BCUT2D eigenvalue weighted by Gasteiger charge is 2.52. The molecule has 2 saturated heterocycles. The van der Waals surface area contributed by atoms with Gasteiger partial charge in [-0.3, -0.25) is 0 Å². The summed E-state index contributed by atoms with van der Waals surface area (Å²) in [6, 6.07) is 0. The van der Waals surface area contributed by atoms with Crippen molar-refractivity contribution in [2.24, 2.45) is 23.7 Å². The van der Waals surface area contributed by atoms with Gasteiger partial charge in [0, 0.05) is 9.65 Å². The maximum absolute atomic E-state index is 10.8. The van der Waals surface area contributed by atoms with Crippen molar-refractivity contribution in [3.63, 3.8) is 0 Å². The lowest BCUT2D eigenvalue weighted by molar-refractivity contribution is -0.244. The van der Waals surface area contributed by atoms with Crippen LogP contribution in [0.2, 0.25) is 0 Å². The van der Waals surface area contributed by atoms with E-state index in [9.17, 15) is 40.9 Å². The van der Waals surface area contributed by atoms with E-state index >= 15 is 0 Å². The Labute approximate surface area is 253 Å². The number of alkyl halides is 2. The fourth-order valence-electron chi connectivity index (χ4n) is 8.21. The molecule has 41 heavy (non-hydrogen) atoms. The number of halogens is 2. The van der Waals surface area contributed by atoms with Crippen molar-refractivity contribution in [1.29, 1.82) is 0 Å². The Bertz CT molecular complexity index is 851. The zero-order chi connectivity index (χ0) is 30.3. The Morgan fingerprint density at radius 1 is 0.659 bits per heavy atom. The van der Waals surface area contributed by atoms with Crippen LogP contribution >= 0.6 is 23.2 Å². The Hall–Kier alpha value is 0.245. The van der Waals surface area contributed by atoms with Gasteiger partial charge in [0.25, 0.3) is 0 Å². The second kappa shape index (κ2) is 13.7. The first-order chi connectivity index (χ1) is 19.2. The minimum Gasteiger partial charge on any atom is -0.394 e. The van der Waals surface area contributed by atoms with Crippen LogP contribution in [0.3, 0.4) is 0 Å². The molecule has 0 aromatic rings. The number of hydrogen-bond acceptors (Lipinski definition) is 10. The number of ether oxygens (including phenoxy) is 2. The SMILES string of the molecule is BC1(Cl)CCC(C2CCC([C@H]3O[C@H](CO)[C@@H](O)[C@H](O)[C@@H]3O)CC2(C)Cl)CCCC([C@H]2O[C@H](CO)[C@@H](O)[C@H](O)[C@@H]2O)C1. The number of rotatable bonds is 5. The molecule has 4 aliphatic rings. The largest absolute Gasteiger partial charge is 0.394 e. The van der Waals surface area contributed by atoms with Crippen LogP contribution in [-0.4, -0.2) is 133 Å². The quantitative estimate of drug-likeness (QED) is 0.143. The number of aliphatic hydroxyl groups excluding tert-OH is 8. The summed E-state index contributed by atoms with van der Waals surface area (Å²) in [7, 11) is 1.98. The smallest absolute Gasteiger partial charge is 0.128 e. The highest BCUT2D eigenvalue weighted by atomic mass is 35.5. The zero-order valence-corrected chi connectivity index (χ0v) is 25.5. The van der Waals surface area contributed by atoms with Crippen LogP contribution in [0.25, 0.3) is 0 Å². The monoisotopic (exact) mass is 626 g/mol. The molecule has 0 bridgehead atoms. The number of hydrogen-bond donors (Lipinski definition) is 8. The van der Waals surface area contributed by atoms with E-state index in [0.717, 1.165) is 32.1 Å². The summed E-state index contributed by atoms with van der Waals surface area (Å²) in [6.07, 6.45) is -4.95. The van der Waals surface area contributed by atoms with Gasteiger partial charge >= 0.3 is 0 Å². The first kappa shape index (κ1) is 34.1. The molecule has 2 saturated carbocycles. The summed E-state index contributed by atoms with van der Waals surface area (Å²) in [4.78, 5) is -0.611.